The maximum Gasteiger partial charge on any atom is 0.339 e. The van der Waals surface area contributed by atoms with Crippen LogP contribution in [0.2, 0.25) is 0 Å². The van der Waals surface area contributed by atoms with Gasteiger partial charge < -0.3 is 10.1 Å². The molecule has 1 atom stereocenters. The summed E-state index contributed by atoms with van der Waals surface area (Å²) in [4.78, 5) is 33.5. The van der Waals surface area contributed by atoms with E-state index in [1.54, 1.807) is 0 Å². The Kier molecular flexibility index (Phi) is 5.55. The van der Waals surface area contributed by atoms with Gasteiger partial charge >= 0.3 is 11.7 Å². The van der Waals surface area contributed by atoms with Crippen molar-refractivity contribution >= 4 is 23.3 Å². The summed E-state index contributed by atoms with van der Waals surface area (Å²) in [7, 11) is 0. The molecule has 0 heterocycles. The molecule has 2 aromatic rings. The molecular formula is C16H11F3N2O5. The second-order valence-electron chi connectivity index (χ2n) is 5.12. The Labute approximate surface area is 144 Å². The van der Waals surface area contributed by atoms with E-state index in [0.717, 1.165) is 30.3 Å². The monoisotopic (exact) mass is 368 g/mol. The van der Waals surface area contributed by atoms with Crippen molar-refractivity contribution < 1.29 is 32.4 Å². The van der Waals surface area contributed by atoms with Crippen molar-refractivity contribution in [2.24, 2.45) is 0 Å². The molecule has 0 fully saturated rings. The molecule has 2 rings (SSSR count). The van der Waals surface area contributed by atoms with Crippen LogP contribution in [0.15, 0.2) is 36.4 Å². The molecule has 0 aliphatic carbocycles. The van der Waals surface area contributed by atoms with Gasteiger partial charge in [0.25, 0.3) is 5.91 Å². The normalized spacial score (nSPS) is 11.5. The summed E-state index contributed by atoms with van der Waals surface area (Å²) >= 11 is 0. The van der Waals surface area contributed by atoms with E-state index in [1.165, 1.54) is 6.92 Å². The van der Waals surface area contributed by atoms with Gasteiger partial charge in [-0.05, 0) is 31.2 Å². The average Bonchev–Trinajstić information content (AvgIpc) is 2.55. The third-order valence-electron chi connectivity index (χ3n) is 3.16. The van der Waals surface area contributed by atoms with Gasteiger partial charge in [-0.15, -0.1) is 0 Å². The lowest BCUT2D eigenvalue weighted by Crippen LogP contribution is -2.30. The minimum Gasteiger partial charge on any atom is -0.449 e. The van der Waals surface area contributed by atoms with Crippen LogP contribution in [-0.4, -0.2) is 22.9 Å². The number of hydrogen-bond acceptors (Lipinski definition) is 5. The molecule has 0 bridgehead atoms. The summed E-state index contributed by atoms with van der Waals surface area (Å²) in [6.45, 7) is 1.18. The SMILES string of the molecule is C[C@H](OC(=O)c1cc(F)cc(F)c1)C(=O)Nc1ccc(F)c([N+](=O)[O-])c1. The summed E-state index contributed by atoms with van der Waals surface area (Å²) in [5.41, 5.74) is -1.37. The van der Waals surface area contributed by atoms with Gasteiger partial charge in [0.1, 0.15) is 11.6 Å². The second-order valence-corrected chi connectivity index (χ2v) is 5.12. The number of nitrogens with zero attached hydrogens (tertiary/aromatic N) is 1. The van der Waals surface area contributed by atoms with Crippen LogP contribution in [0.1, 0.15) is 17.3 Å². The van der Waals surface area contributed by atoms with E-state index in [2.05, 4.69) is 5.32 Å². The van der Waals surface area contributed by atoms with E-state index < -0.39 is 51.6 Å². The number of nitro groups is 1. The fraction of sp³-hybridized carbons (Fsp3) is 0.125. The first-order chi connectivity index (χ1) is 12.2. The van der Waals surface area contributed by atoms with Crippen LogP contribution >= 0.6 is 0 Å². The molecule has 0 saturated carbocycles. The minimum absolute atomic E-state index is 0.0946. The smallest absolute Gasteiger partial charge is 0.339 e. The number of halogens is 3. The molecule has 0 aromatic heterocycles. The lowest BCUT2D eigenvalue weighted by Gasteiger charge is -2.13. The van der Waals surface area contributed by atoms with Gasteiger partial charge in [0.2, 0.25) is 5.82 Å². The molecule has 0 radical (unpaired) electrons. The fourth-order valence-electron chi connectivity index (χ4n) is 1.93. The number of hydrogen-bond donors (Lipinski definition) is 1. The van der Waals surface area contributed by atoms with Crippen LogP contribution in [0, 0.1) is 27.6 Å². The van der Waals surface area contributed by atoms with Crippen molar-refractivity contribution in [3.05, 3.63) is 69.5 Å². The second kappa shape index (κ2) is 7.64. The fourth-order valence-corrected chi connectivity index (χ4v) is 1.93. The van der Waals surface area contributed by atoms with Crippen LogP contribution in [0.25, 0.3) is 0 Å². The molecule has 1 amide bonds. The Morgan fingerprint density at radius 1 is 1.12 bits per heavy atom. The summed E-state index contributed by atoms with van der Waals surface area (Å²) < 4.78 is 44.2. The van der Waals surface area contributed by atoms with E-state index >= 15 is 0 Å². The molecule has 0 unspecified atom stereocenters. The number of rotatable bonds is 5. The molecule has 7 nitrogen and oxygen atoms in total. The van der Waals surface area contributed by atoms with Crippen molar-refractivity contribution in [3.8, 4) is 0 Å². The zero-order valence-electron chi connectivity index (χ0n) is 13.2. The summed E-state index contributed by atoms with van der Waals surface area (Å²) in [5, 5.41) is 12.9. The maximum atomic E-state index is 13.3. The largest absolute Gasteiger partial charge is 0.449 e. The Morgan fingerprint density at radius 3 is 2.31 bits per heavy atom. The predicted molar refractivity (Wildman–Crippen MR) is 82.9 cm³/mol. The first kappa shape index (κ1) is 18.9. The quantitative estimate of drug-likeness (QED) is 0.496. The Balaban J connectivity index is 2.06. The van der Waals surface area contributed by atoms with Crippen LogP contribution in [0.4, 0.5) is 24.5 Å². The predicted octanol–water partition coefficient (Wildman–Crippen LogP) is 3.20. The first-order valence-corrected chi connectivity index (χ1v) is 7.09. The number of carbonyl (C=O) groups excluding carboxylic acids is 2. The molecule has 136 valence electrons. The van der Waals surface area contributed by atoms with Gasteiger partial charge in [-0.2, -0.15) is 4.39 Å². The van der Waals surface area contributed by atoms with Gasteiger partial charge in [-0.25, -0.2) is 13.6 Å². The number of ether oxygens (including phenoxy) is 1. The minimum atomic E-state index is -1.39. The topological polar surface area (TPSA) is 98.5 Å². The van der Waals surface area contributed by atoms with Gasteiger partial charge in [-0.1, -0.05) is 0 Å². The number of anilines is 1. The van der Waals surface area contributed by atoms with E-state index in [0.29, 0.717) is 6.07 Å². The highest BCUT2D eigenvalue weighted by atomic mass is 19.1. The summed E-state index contributed by atoms with van der Waals surface area (Å²) in [6.07, 6.45) is -1.39. The zero-order valence-corrected chi connectivity index (χ0v) is 13.2. The Hall–Kier alpha value is -3.43. The number of esters is 1. The molecule has 0 aliphatic heterocycles. The molecular weight excluding hydrogens is 357 g/mol. The van der Waals surface area contributed by atoms with Crippen molar-refractivity contribution in [1.29, 1.82) is 0 Å². The molecule has 2 aromatic carbocycles. The van der Waals surface area contributed by atoms with E-state index in [4.69, 9.17) is 4.74 Å². The van der Waals surface area contributed by atoms with E-state index in [1.807, 2.05) is 0 Å². The highest BCUT2D eigenvalue weighted by Gasteiger charge is 2.21. The number of nitrogens with one attached hydrogen (secondary N) is 1. The zero-order chi connectivity index (χ0) is 19.4. The molecule has 0 saturated heterocycles. The van der Waals surface area contributed by atoms with Crippen molar-refractivity contribution in [3.63, 3.8) is 0 Å². The molecule has 26 heavy (non-hydrogen) atoms. The number of benzene rings is 2. The Bertz CT molecular complexity index is 868. The Morgan fingerprint density at radius 2 is 1.73 bits per heavy atom. The van der Waals surface area contributed by atoms with Gasteiger partial charge in [0.15, 0.2) is 6.10 Å². The number of nitro benzene ring substituents is 1. The van der Waals surface area contributed by atoms with Crippen molar-refractivity contribution in [1.82, 2.24) is 0 Å². The highest BCUT2D eigenvalue weighted by molar-refractivity contribution is 5.97. The third kappa shape index (κ3) is 4.56. The van der Waals surface area contributed by atoms with Gasteiger partial charge in [0.05, 0.1) is 10.5 Å². The van der Waals surface area contributed by atoms with E-state index in [9.17, 15) is 32.9 Å². The summed E-state index contributed by atoms with van der Waals surface area (Å²) in [5.74, 6) is -5.09. The molecule has 0 spiro atoms. The lowest BCUT2D eigenvalue weighted by molar-refractivity contribution is -0.387. The van der Waals surface area contributed by atoms with E-state index in [-0.39, 0.29) is 5.69 Å². The molecule has 0 aliphatic rings. The van der Waals surface area contributed by atoms with Crippen LogP contribution in [0.5, 0.6) is 0 Å². The first-order valence-electron chi connectivity index (χ1n) is 7.09. The third-order valence-corrected chi connectivity index (χ3v) is 3.16. The number of amides is 1. The maximum absolute atomic E-state index is 13.3. The average molecular weight is 368 g/mol. The van der Waals surface area contributed by atoms with Crippen LogP contribution in [0.3, 0.4) is 0 Å². The van der Waals surface area contributed by atoms with Crippen molar-refractivity contribution in [2.75, 3.05) is 5.32 Å². The van der Waals surface area contributed by atoms with Crippen LogP contribution in [-0.2, 0) is 9.53 Å². The molecule has 1 N–H and O–H groups in total. The lowest BCUT2D eigenvalue weighted by atomic mass is 10.2. The standard InChI is InChI=1S/C16H11F3N2O5/c1-8(26-16(23)9-4-10(17)6-11(18)5-9)15(22)20-12-2-3-13(19)14(7-12)21(24)25/h2-8H,1H3,(H,20,22)/t8-/m0/s1. The van der Waals surface area contributed by atoms with Crippen LogP contribution < -0.4 is 5.32 Å². The molecule has 10 heteroatoms. The summed E-state index contributed by atoms with van der Waals surface area (Å²) in [6, 6.07) is 4.70. The highest BCUT2D eigenvalue weighted by Crippen LogP contribution is 2.22. The van der Waals surface area contributed by atoms with Crippen molar-refractivity contribution in [2.45, 2.75) is 13.0 Å². The van der Waals surface area contributed by atoms with Gasteiger partial charge in [0, 0.05) is 17.8 Å². The number of carbonyl (C=O) groups is 2. The van der Waals surface area contributed by atoms with Gasteiger partial charge in [-0.3, -0.25) is 14.9 Å².